The van der Waals surface area contributed by atoms with Gasteiger partial charge in [-0.25, -0.2) is 14.8 Å². The molecule has 0 spiro atoms. The molecular weight excluding hydrogens is 418 g/mol. The van der Waals surface area contributed by atoms with Crippen LogP contribution >= 0.6 is 11.6 Å². The zero-order valence-electron chi connectivity index (χ0n) is 18.2. The predicted molar refractivity (Wildman–Crippen MR) is 120 cm³/mol. The number of halogens is 1. The van der Waals surface area contributed by atoms with Crippen molar-refractivity contribution in [2.75, 3.05) is 44.2 Å². The van der Waals surface area contributed by atoms with Crippen LogP contribution in [0.1, 0.15) is 29.6 Å². The van der Waals surface area contributed by atoms with Crippen LogP contribution in [-0.4, -0.2) is 66.2 Å². The van der Waals surface area contributed by atoms with E-state index in [-0.39, 0.29) is 12.6 Å². The van der Waals surface area contributed by atoms with Crippen molar-refractivity contribution in [1.82, 2.24) is 20.2 Å². The number of carbonyl (C=O) groups is 2. The maximum absolute atomic E-state index is 12.3. The maximum atomic E-state index is 12.3. The highest BCUT2D eigenvalue weighted by molar-refractivity contribution is 6.30. The van der Waals surface area contributed by atoms with E-state index in [0.29, 0.717) is 44.2 Å². The zero-order valence-corrected chi connectivity index (χ0v) is 18.9. The molecule has 8 nitrogen and oxygen atoms in total. The summed E-state index contributed by atoms with van der Waals surface area (Å²) in [6.45, 7) is 8.17. The summed E-state index contributed by atoms with van der Waals surface area (Å²) in [5.74, 6) is 1.20. The number of anilines is 1. The number of ether oxygens (including phenoxy) is 1. The lowest BCUT2D eigenvalue weighted by Crippen LogP contribution is -2.53. The van der Waals surface area contributed by atoms with E-state index in [0.717, 1.165) is 28.5 Å². The van der Waals surface area contributed by atoms with Crippen LogP contribution in [0.4, 0.5) is 10.6 Å². The van der Waals surface area contributed by atoms with Crippen LogP contribution in [0.3, 0.4) is 0 Å². The molecule has 1 aromatic carbocycles. The van der Waals surface area contributed by atoms with Gasteiger partial charge in [0.15, 0.2) is 0 Å². The van der Waals surface area contributed by atoms with E-state index in [1.165, 1.54) is 0 Å². The molecule has 2 aromatic rings. The third-order valence-electron chi connectivity index (χ3n) is 5.15. The number of carbonyl (C=O) groups excluding carboxylic acids is 2. The van der Waals surface area contributed by atoms with Crippen LogP contribution in [0, 0.1) is 13.8 Å². The average Bonchev–Trinajstić information content (AvgIpc) is 2.75. The van der Waals surface area contributed by atoms with E-state index in [1.54, 1.807) is 11.8 Å². The molecule has 1 saturated heterocycles. The summed E-state index contributed by atoms with van der Waals surface area (Å²) in [5.41, 5.74) is 3.17. The highest BCUT2D eigenvalue weighted by Crippen LogP contribution is 2.25. The highest BCUT2D eigenvalue weighted by atomic mass is 35.5. The smallest absolute Gasteiger partial charge is 0.325 e. The number of urea groups is 1. The molecule has 1 aromatic heterocycles. The summed E-state index contributed by atoms with van der Waals surface area (Å²) in [4.78, 5) is 37.0. The van der Waals surface area contributed by atoms with Crippen molar-refractivity contribution in [2.45, 2.75) is 27.2 Å². The van der Waals surface area contributed by atoms with Crippen LogP contribution < -0.4 is 10.2 Å². The van der Waals surface area contributed by atoms with Crippen LogP contribution in [0.15, 0.2) is 24.3 Å². The number of aryl methyl sites for hydroxylation is 2. The highest BCUT2D eigenvalue weighted by Gasteiger charge is 2.25. The second kappa shape index (κ2) is 10.4. The van der Waals surface area contributed by atoms with E-state index < -0.39 is 5.97 Å². The number of benzene rings is 1. The van der Waals surface area contributed by atoms with Crippen LogP contribution in [0.25, 0.3) is 0 Å². The third-order valence-corrected chi connectivity index (χ3v) is 5.41. The van der Waals surface area contributed by atoms with Gasteiger partial charge in [0.2, 0.25) is 0 Å². The first-order valence-corrected chi connectivity index (χ1v) is 10.8. The fourth-order valence-corrected chi connectivity index (χ4v) is 3.71. The first-order chi connectivity index (χ1) is 14.9. The molecule has 1 aliphatic heterocycles. The molecule has 0 aliphatic carbocycles. The second-order valence-electron chi connectivity index (χ2n) is 7.40. The van der Waals surface area contributed by atoms with Crippen molar-refractivity contribution >= 4 is 29.4 Å². The average molecular weight is 446 g/mol. The van der Waals surface area contributed by atoms with E-state index >= 15 is 0 Å². The van der Waals surface area contributed by atoms with Crippen molar-refractivity contribution in [2.24, 2.45) is 0 Å². The molecule has 1 fully saturated rings. The Hall–Kier alpha value is -2.87. The quantitative estimate of drug-likeness (QED) is 0.688. The maximum Gasteiger partial charge on any atom is 0.325 e. The largest absolute Gasteiger partial charge is 0.465 e. The normalized spacial score (nSPS) is 13.8. The van der Waals surface area contributed by atoms with Gasteiger partial charge in [0.25, 0.3) is 0 Å². The number of hydrogen-bond acceptors (Lipinski definition) is 6. The van der Waals surface area contributed by atoms with Gasteiger partial charge in [-0.15, -0.1) is 0 Å². The van der Waals surface area contributed by atoms with Gasteiger partial charge in [0.05, 0.1) is 6.61 Å². The number of amides is 2. The van der Waals surface area contributed by atoms with Gasteiger partial charge >= 0.3 is 12.0 Å². The molecule has 1 aliphatic rings. The SMILES string of the molecule is CCOC(=O)CNC(=O)N1CCN(c2nc(C)nc(C)c2Cc2ccc(Cl)cc2)CC1. The molecular formula is C22H28ClN5O3. The van der Waals surface area contributed by atoms with Crippen LogP contribution in [0.5, 0.6) is 0 Å². The van der Waals surface area contributed by atoms with Crippen LogP contribution in [-0.2, 0) is 16.0 Å². The molecule has 31 heavy (non-hydrogen) atoms. The van der Waals surface area contributed by atoms with E-state index in [1.807, 2.05) is 38.1 Å². The van der Waals surface area contributed by atoms with Gasteiger partial charge in [-0.2, -0.15) is 0 Å². The lowest BCUT2D eigenvalue weighted by molar-refractivity contribution is -0.141. The Morgan fingerprint density at radius 1 is 1.10 bits per heavy atom. The number of piperazine rings is 1. The van der Waals surface area contributed by atoms with Gasteiger partial charge < -0.3 is 19.9 Å². The second-order valence-corrected chi connectivity index (χ2v) is 7.84. The zero-order chi connectivity index (χ0) is 22.4. The van der Waals surface area contributed by atoms with E-state index in [4.69, 9.17) is 21.3 Å². The Kier molecular flexibility index (Phi) is 7.68. The number of rotatable bonds is 6. The van der Waals surface area contributed by atoms with Gasteiger partial charge in [-0.3, -0.25) is 4.79 Å². The van der Waals surface area contributed by atoms with Crippen molar-refractivity contribution in [1.29, 1.82) is 0 Å². The minimum atomic E-state index is -0.437. The number of aromatic nitrogens is 2. The lowest BCUT2D eigenvalue weighted by Gasteiger charge is -2.36. The Balaban J connectivity index is 1.67. The van der Waals surface area contributed by atoms with Gasteiger partial charge in [0, 0.05) is 48.9 Å². The Morgan fingerprint density at radius 2 is 1.77 bits per heavy atom. The third kappa shape index (κ3) is 6.07. The van der Waals surface area contributed by atoms with Crippen molar-refractivity contribution in [3.8, 4) is 0 Å². The Bertz CT molecular complexity index is 927. The molecule has 9 heteroatoms. The van der Waals surface area contributed by atoms with Gasteiger partial charge in [-0.1, -0.05) is 23.7 Å². The summed E-state index contributed by atoms with van der Waals surface area (Å²) in [7, 11) is 0. The number of hydrogen-bond donors (Lipinski definition) is 1. The summed E-state index contributed by atoms with van der Waals surface area (Å²) >= 11 is 6.02. The number of nitrogens with one attached hydrogen (secondary N) is 1. The first kappa shape index (κ1) is 22.8. The fraction of sp³-hybridized carbons (Fsp3) is 0.455. The Morgan fingerprint density at radius 3 is 2.42 bits per heavy atom. The minimum absolute atomic E-state index is 0.123. The fourth-order valence-electron chi connectivity index (χ4n) is 3.59. The number of nitrogens with zero attached hydrogens (tertiary/aromatic N) is 4. The molecule has 1 N–H and O–H groups in total. The van der Waals surface area contributed by atoms with Crippen LogP contribution in [0.2, 0.25) is 5.02 Å². The Labute approximate surface area is 187 Å². The van der Waals surface area contributed by atoms with Crippen molar-refractivity contribution in [3.63, 3.8) is 0 Å². The minimum Gasteiger partial charge on any atom is -0.465 e. The molecule has 0 unspecified atom stereocenters. The number of esters is 1. The standard InChI is InChI=1S/C22H28ClN5O3/c1-4-31-20(29)14-24-22(30)28-11-9-27(10-12-28)21-19(15(2)25-16(3)26-21)13-17-5-7-18(23)8-6-17/h5-8H,4,9-14H2,1-3H3,(H,24,30). The topological polar surface area (TPSA) is 87.7 Å². The van der Waals surface area contributed by atoms with Gasteiger partial charge in [0.1, 0.15) is 18.2 Å². The molecule has 0 bridgehead atoms. The van der Waals surface area contributed by atoms with E-state index in [2.05, 4.69) is 15.2 Å². The summed E-state index contributed by atoms with van der Waals surface area (Å²) in [6, 6.07) is 7.53. The molecule has 3 rings (SSSR count). The monoisotopic (exact) mass is 445 g/mol. The van der Waals surface area contributed by atoms with Crippen molar-refractivity contribution < 1.29 is 14.3 Å². The summed E-state index contributed by atoms with van der Waals surface area (Å²) < 4.78 is 4.84. The summed E-state index contributed by atoms with van der Waals surface area (Å²) in [6.07, 6.45) is 0.707. The van der Waals surface area contributed by atoms with Gasteiger partial charge in [-0.05, 0) is 38.5 Å². The molecule has 0 radical (unpaired) electrons. The molecule has 2 heterocycles. The van der Waals surface area contributed by atoms with Crippen molar-refractivity contribution in [3.05, 3.63) is 51.9 Å². The molecule has 0 atom stereocenters. The molecule has 2 amide bonds. The lowest BCUT2D eigenvalue weighted by atomic mass is 10.0. The summed E-state index contributed by atoms with van der Waals surface area (Å²) in [5, 5.41) is 3.32. The molecule has 0 saturated carbocycles. The first-order valence-electron chi connectivity index (χ1n) is 10.4. The molecule has 166 valence electrons. The van der Waals surface area contributed by atoms with E-state index in [9.17, 15) is 9.59 Å². The predicted octanol–water partition coefficient (Wildman–Crippen LogP) is 2.73.